The number of carbonyl (C=O) groups is 1. The van der Waals surface area contributed by atoms with Gasteiger partial charge in [0, 0.05) is 12.4 Å². The first kappa shape index (κ1) is 20.1. The lowest BCUT2D eigenvalue weighted by molar-refractivity contribution is 0.157. The van der Waals surface area contributed by atoms with Gasteiger partial charge in [0.2, 0.25) is 5.96 Å². The molecule has 1 aromatic heterocycles. The number of hydrogen-bond donors (Lipinski definition) is 1. The molecule has 0 radical (unpaired) electrons. The Kier molecular flexibility index (Phi) is 6.29. The van der Waals surface area contributed by atoms with Crippen molar-refractivity contribution in [1.29, 1.82) is 0 Å². The van der Waals surface area contributed by atoms with E-state index in [-0.39, 0.29) is 12.6 Å². The zero-order valence-corrected chi connectivity index (χ0v) is 17.0. The van der Waals surface area contributed by atoms with Gasteiger partial charge in [-0.2, -0.15) is 5.10 Å². The molecule has 1 heterocycles. The standard InChI is InChI=1S/C22H24N4O3/c1-5-28-22(27)25-21(26-13-7-12-23-26)24-18-10-11-19(17(4)14-18)29-20-15(2)8-6-9-16(20)3/h6-14H,5H2,1-4H3,(H,24,25,27). The number of nitrogens with zero attached hydrogens (tertiary/aromatic N) is 3. The summed E-state index contributed by atoms with van der Waals surface area (Å²) in [6, 6.07) is 13.4. The third kappa shape index (κ3) is 5.01. The Labute approximate surface area is 170 Å². The second-order valence-electron chi connectivity index (χ2n) is 6.50. The maximum Gasteiger partial charge on any atom is 0.414 e. The summed E-state index contributed by atoms with van der Waals surface area (Å²) in [4.78, 5) is 16.4. The van der Waals surface area contributed by atoms with Gasteiger partial charge in [-0.1, -0.05) is 18.2 Å². The third-order valence-electron chi connectivity index (χ3n) is 4.23. The van der Waals surface area contributed by atoms with E-state index in [1.54, 1.807) is 25.4 Å². The lowest BCUT2D eigenvalue weighted by Crippen LogP contribution is -2.36. The van der Waals surface area contributed by atoms with E-state index in [0.29, 0.717) is 5.69 Å². The van der Waals surface area contributed by atoms with E-state index in [0.717, 1.165) is 28.2 Å². The summed E-state index contributed by atoms with van der Waals surface area (Å²) in [6.45, 7) is 8.00. The number of para-hydroxylation sites is 1. The average molecular weight is 392 g/mol. The Hall–Kier alpha value is -3.61. The zero-order valence-electron chi connectivity index (χ0n) is 17.0. The van der Waals surface area contributed by atoms with Crippen molar-refractivity contribution in [2.45, 2.75) is 27.7 Å². The van der Waals surface area contributed by atoms with Gasteiger partial charge in [-0.05, 0) is 68.7 Å². The second kappa shape index (κ2) is 9.05. The average Bonchev–Trinajstić information content (AvgIpc) is 3.21. The van der Waals surface area contributed by atoms with Crippen LogP contribution >= 0.6 is 0 Å². The van der Waals surface area contributed by atoms with E-state index >= 15 is 0 Å². The van der Waals surface area contributed by atoms with Gasteiger partial charge in [-0.25, -0.2) is 14.5 Å². The van der Waals surface area contributed by atoms with Gasteiger partial charge in [0.1, 0.15) is 11.5 Å². The molecule has 0 saturated heterocycles. The summed E-state index contributed by atoms with van der Waals surface area (Å²) < 4.78 is 12.6. The molecule has 0 bridgehead atoms. The highest BCUT2D eigenvalue weighted by atomic mass is 16.5. The first-order valence-electron chi connectivity index (χ1n) is 9.35. The summed E-state index contributed by atoms with van der Waals surface area (Å²) in [5.74, 6) is 1.85. The molecule has 0 aliphatic heterocycles. The first-order chi connectivity index (χ1) is 14.0. The van der Waals surface area contributed by atoms with Crippen LogP contribution in [-0.4, -0.2) is 28.4 Å². The van der Waals surface area contributed by atoms with Crippen LogP contribution in [0.25, 0.3) is 0 Å². The summed E-state index contributed by atoms with van der Waals surface area (Å²) in [7, 11) is 0. The highest BCUT2D eigenvalue weighted by Gasteiger charge is 2.11. The zero-order chi connectivity index (χ0) is 20.8. The van der Waals surface area contributed by atoms with Crippen molar-refractivity contribution in [3.8, 4) is 11.5 Å². The number of aliphatic imine (C=N–C) groups is 1. The van der Waals surface area contributed by atoms with Gasteiger partial charge in [-0.15, -0.1) is 0 Å². The van der Waals surface area contributed by atoms with Crippen LogP contribution in [0.4, 0.5) is 10.5 Å². The molecular formula is C22H24N4O3. The largest absolute Gasteiger partial charge is 0.457 e. The van der Waals surface area contributed by atoms with E-state index in [2.05, 4.69) is 15.4 Å². The Balaban J connectivity index is 1.88. The van der Waals surface area contributed by atoms with E-state index in [4.69, 9.17) is 9.47 Å². The summed E-state index contributed by atoms with van der Waals surface area (Å²) in [6.07, 6.45) is 2.71. The number of nitrogens with one attached hydrogen (secondary N) is 1. The highest BCUT2D eigenvalue weighted by Crippen LogP contribution is 2.32. The topological polar surface area (TPSA) is 77.7 Å². The fraction of sp³-hybridized carbons (Fsp3) is 0.227. The smallest absolute Gasteiger partial charge is 0.414 e. The predicted molar refractivity (Wildman–Crippen MR) is 112 cm³/mol. The molecule has 150 valence electrons. The quantitative estimate of drug-likeness (QED) is 0.507. The van der Waals surface area contributed by atoms with Crippen LogP contribution in [0.1, 0.15) is 23.6 Å². The van der Waals surface area contributed by atoms with Crippen molar-refractivity contribution < 1.29 is 14.3 Å². The van der Waals surface area contributed by atoms with Gasteiger partial charge >= 0.3 is 6.09 Å². The van der Waals surface area contributed by atoms with Crippen LogP contribution in [0, 0.1) is 20.8 Å². The van der Waals surface area contributed by atoms with Gasteiger partial charge in [-0.3, -0.25) is 5.32 Å². The SMILES string of the molecule is CCOC(=O)NC(=Nc1ccc(Oc2c(C)cccc2C)c(C)c1)n1cccn1. The number of hydrogen-bond acceptors (Lipinski definition) is 5. The molecule has 1 N–H and O–H groups in total. The van der Waals surface area contributed by atoms with Crippen LogP contribution in [0.15, 0.2) is 59.9 Å². The van der Waals surface area contributed by atoms with Crippen LogP contribution < -0.4 is 10.1 Å². The van der Waals surface area contributed by atoms with Crippen molar-refractivity contribution in [2.24, 2.45) is 4.99 Å². The summed E-state index contributed by atoms with van der Waals surface area (Å²) in [5, 5.41) is 6.75. The Bertz CT molecular complexity index is 1010. The number of ether oxygens (including phenoxy) is 2. The molecule has 0 spiro atoms. The summed E-state index contributed by atoms with van der Waals surface area (Å²) in [5.41, 5.74) is 3.72. The molecule has 7 nitrogen and oxygen atoms in total. The molecule has 29 heavy (non-hydrogen) atoms. The lowest BCUT2D eigenvalue weighted by atomic mass is 10.1. The summed E-state index contributed by atoms with van der Waals surface area (Å²) >= 11 is 0. The molecule has 3 rings (SSSR count). The highest BCUT2D eigenvalue weighted by molar-refractivity contribution is 5.96. The number of alkyl carbamates (subject to hydrolysis) is 1. The molecule has 7 heteroatoms. The van der Waals surface area contributed by atoms with Crippen LogP contribution in [0.2, 0.25) is 0 Å². The van der Waals surface area contributed by atoms with E-state index in [1.165, 1.54) is 4.68 Å². The van der Waals surface area contributed by atoms with Gasteiger partial charge in [0.25, 0.3) is 0 Å². The Morgan fingerprint density at radius 2 is 1.86 bits per heavy atom. The fourth-order valence-corrected chi connectivity index (χ4v) is 2.80. The number of rotatable bonds is 4. The molecular weight excluding hydrogens is 368 g/mol. The minimum atomic E-state index is -0.589. The van der Waals surface area contributed by atoms with Crippen LogP contribution in [0.5, 0.6) is 11.5 Å². The van der Waals surface area contributed by atoms with E-state index in [9.17, 15) is 4.79 Å². The molecule has 0 fully saturated rings. The maximum atomic E-state index is 11.9. The molecule has 0 aliphatic rings. The first-order valence-corrected chi connectivity index (χ1v) is 9.35. The minimum absolute atomic E-state index is 0.247. The van der Waals surface area contributed by atoms with E-state index in [1.807, 2.05) is 57.2 Å². The van der Waals surface area contributed by atoms with Gasteiger partial charge < -0.3 is 9.47 Å². The minimum Gasteiger partial charge on any atom is -0.457 e. The van der Waals surface area contributed by atoms with Crippen molar-refractivity contribution in [3.05, 3.63) is 71.5 Å². The van der Waals surface area contributed by atoms with Crippen molar-refractivity contribution >= 4 is 17.7 Å². The van der Waals surface area contributed by atoms with Crippen molar-refractivity contribution in [2.75, 3.05) is 6.61 Å². The molecule has 0 aliphatic carbocycles. The molecule has 0 atom stereocenters. The normalized spacial score (nSPS) is 11.2. The number of benzene rings is 2. The molecule has 0 unspecified atom stereocenters. The van der Waals surface area contributed by atoms with Gasteiger partial charge in [0.15, 0.2) is 0 Å². The predicted octanol–water partition coefficient (Wildman–Crippen LogP) is 4.88. The van der Waals surface area contributed by atoms with Crippen LogP contribution in [-0.2, 0) is 4.74 Å². The lowest BCUT2D eigenvalue weighted by Gasteiger charge is -2.14. The fourth-order valence-electron chi connectivity index (χ4n) is 2.80. The van der Waals surface area contributed by atoms with Crippen molar-refractivity contribution in [3.63, 3.8) is 0 Å². The third-order valence-corrected chi connectivity index (χ3v) is 4.23. The number of aryl methyl sites for hydroxylation is 3. The molecule has 2 aromatic carbocycles. The number of amides is 1. The number of carbonyl (C=O) groups excluding carboxylic acids is 1. The molecule has 0 saturated carbocycles. The van der Waals surface area contributed by atoms with Crippen LogP contribution in [0.3, 0.4) is 0 Å². The monoisotopic (exact) mass is 392 g/mol. The second-order valence-corrected chi connectivity index (χ2v) is 6.50. The molecule has 3 aromatic rings. The number of aromatic nitrogens is 2. The van der Waals surface area contributed by atoms with Gasteiger partial charge in [0.05, 0.1) is 12.3 Å². The van der Waals surface area contributed by atoms with Crippen molar-refractivity contribution in [1.82, 2.24) is 15.1 Å². The Morgan fingerprint density at radius 1 is 1.10 bits per heavy atom. The van der Waals surface area contributed by atoms with E-state index < -0.39 is 6.09 Å². The Morgan fingerprint density at radius 3 is 2.48 bits per heavy atom. The molecule has 1 amide bonds. The maximum absolute atomic E-state index is 11.9.